The van der Waals surface area contributed by atoms with Gasteiger partial charge in [0, 0.05) is 36.5 Å². The van der Waals surface area contributed by atoms with Crippen molar-refractivity contribution in [2.24, 2.45) is 0 Å². The quantitative estimate of drug-likeness (QED) is 0.678. The first-order chi connectivity index (χ1) is 11.3. The van der Waals surface area contributed by atoms with E-state index in [0.717, 1.165) is 28.5 Å². The van der Waals surface area contributed by atoms with Gasteiger partial charge < -0.3 is 9.72 Å². The summed E-state index contributed by atoms with van der Waals surface area (Å²) in [6.45, 7) is 0.464. The van der Waals surface area contributed by atoms with Crippen LogP contribution in [0.25, 0.3) is 5.65 Å². The number of aromatic nitrogens is 3. The van der Waals surface area contributed by atoms with Crippen molar-refractivity contribution in [1.29, 1.82) is 0 Å². The van der Waals surface area contributed by atoms with Crippen LogP contribution in [-0.2, 0) is 17.1 Å². The molecule has 0 aromatic carbocycles. The first-order valence-electron chi connectivity index (χ1n) is 7.48. The Morgan fingerprint density at radius 2 is 2.09 bits per heavy atom. The number of hydrogen-bond acceptors (Lipinski definition) is 4. The highest BCUT2D eigenvalue weighted by molar-refractivity contribution is 7.98. The molecule has 6 heteroatoms. The highest BCUT2D eigenvalue weighted by atomic mass is 32.2. The van der Waals surface area contributed by atoms with Crippen LogP contribution >= 0.6 is 11.8 Å². The third kappa shape index (κ3) is 4.56. The molecule has 1 amide bonds. The maximum Gasteiger partial charge on any atom is 0.221 e. The first-order valence-corrected chi connectivity index (χ1v) is 8.64. The second-order valence-electron chi connectivity index (χ2n) is 5.10. The van der Waals surface area contributed by atoms with E-state index in [1.54, 1.807) is 18.0 Å². The van der Waals surface area contributed by atoms with Gasteiger partial charge in [-0.25, -0.2) is 4.98 Å². The molecule has 0 bridgehead atoms. The molecule has 0 spiro atoms. The van der Waals surface area contributed by atoms with E-state index in [0.29, 0.717) is 13.0 Å². The van der Waals surface area contributed by atoms with Crippen LogP contribution < -0.4 is 5.32 Å². The van der Waals surface area contributed by atoms with E-state index in [-0.39, 0.29) is 5.91 Å². The number of hydrogen-bond donors (Lipinski definition) is 1. The lowest BCUT2D eigenvalue weighted by Crippen LogP contribution is -2.23. The van der Waals surface area contributed by atoms with Crippen LogP contribution in [0.1, 0.15) is 17.8 Å². The number of pyridine rings is 2. The summed E-state index contributed by atoms with van der Waals surface area (Å²) in [5, 5.41) is 2.91. The number of thioether (sulfide) groups is 1. The largest absolute Gasteiger partial charge is 0.350 e. The molecule has 0 aliphatic carbocycles. The molecule has 0 saturated carbocycles. The average Bonchev–Trinajstić information content (AvgIpc) is 3.01. The van der Waals surface area contributed by atoms with Gasteiger partial charge in [-0.1, -0.05) is 12.1 Å². The zero-order valence-corrected chi connectivity index (χ0v) is 13.5. The third-order valence-corrected chi connectivity index (χ3v) is 4.32. The number of amides is 1. The summed E-state index contributed by atoms with van der Waals surface area (Å²) in [6, 6.07) is 11.7. The molecule has 0 unspecified atom stereocenters. The van der Waals surface area contributed by atoms with Crippen LogP contribution in [0.4, 0.5) is 0 Å². The van der Waals surface area contributed by atoms with E-state index in [1.165, 1.54) is 0 Å². The Hall–Kier alpha value is -2.34. The fraction of sp³-hybridized carbons (Fsp3) is 0.235. The molecule has 5 nitrogen and oxygen atoms in total. The van der Waals surface area contributed by atoms with Crippen molar-refractivity contribution >= 4 is 23.3 Å². The van der Waals surface area contributed by atoms with Gasteiger partial charge in [0.05, 0.1) is 17.9 Å². The average molecular weight is 326 g/mol. The third-order valence-electron chi connectivity index (χ3n) is 3.33. The minimum atomic E-state index is 0.0515. The Morgan fingerprint density at radius 1 is 1.17 bits per heavy atom. The molecule has 23 heavy (non-hydrogen) atoms. The van der Waals surface area contributed by atoms with Crippen molar-refractivity contribution in [3.05, 3.63) is 66.4 Å². The topological polar surface area (TPSA) is 59.3 Å². The minimum Gasteiger partial charge on any atom is -0.350 e. The van der Waals surface area contributed by atoms with Crippen molar-refractivity contribution in [3.63, 3.8) is 0 Å². The smallest absolute Gasteiger partial charge is 0.221 e. The number of nitrogens with zero attached hydrogens (tertiary/aromatic N) is 3. The van der Waals surface area contributed by atoms with Crippen molar-refractivity contribution in [3.8, 4) is 0 Å². The van der Waals surface area contributed by atoms with Gasteiger partial charge in [0.1, 0.15) is 5.65 Å². The Labute approximate surface area is 139 Å². The van der Waals surface area contributed by atoms with Crippen LogP contribution in [0.2, 0.25) is 0 Å². The van der Waals surface area contributed by atoms with Crippen molar-refractivity contribution < 1.29 is 4.79 Å². The summed E-state index contributed by atoms with van der Waals surface area (Å²) >= 11 is 1.72. The highest BCUT2D eigenvalue weighted by Crippen LogP contribution is 2.10. The summed E-state index contributed by atoms with van der Waals surface area (Å²) < 4.78 is 1.95. The summed E-state index contributed by atoms with van der Waals surface area (Å²) in [5.74, 6) is 1.67. The normalized spacial score (nSPS) is 10.8. The molecule has 0 saturated heterocycles. The van der Waals surface area contributed by atoms with Gasteiger partial charge in [-0.15, -0.1) is 0 Å². The first kappa shape index (κ1) is 15.6. The number of carbonyl (C=O) groups excluding carboxylic acids is 1. The van der Waals surface area contributed by atoms with Gasteiger partial charge in [0.25, 0.3) is 0 Å². The lowest BCUT2D eigenvalue weighted by molar-refractivity contribution is -0.120. The fourth-order valence-electron chi connectivity index (χ4n) is 2.18. The van der Waals surface area contributed by atoms with E-state index in [4.69, 9.17) is 0 Å². The van der Waals surface area contributed by atoms with Gasteiger partial charge in [-0.05, 0) is 24.3 Å². The molecule has 3 aromatic rings. The molecule has 0 aliphatic heterocycles. The summed E-state index contributed by atoms with van der Waals surface area (Å²) in [6.07, 6.45) is 6.18. The molecule has 1 N–H and O–H groups in total. The maximum atomic E-state index is 11.9. The van der Waals surface area contributed by atoms with Crippen molar-refractivity contribution in [2.45, 2.75) is 18.7 Å². The minimum absolute atomic E-state index is 0.0515. The highest BCUT2D eigenvalue weighted by Gasteiger charge is 2.05. The molecular weight excluding hydrogens is 308 g/mol. The van der Waals surface area contributed by atoms with Gasteiger partial charge >= 0.3 is 0 Å². The second kappa shape index (κ2) is 7.78. The molecule has 3 rings (SSSR count). The number of imidazole rings is 1. The Kier molecular flexibility index (Phi) is 5.26. The Bertz CT molecular complexity index is 739. The summed E-state index contributed by atoms with van der Waals surface area (Å²) in [7, 11) is 0. The molecule has 118 valence electrons. The number of nitrogens with one attached hydrogen (secondary N) is 1. The monoisotopic (exact) mass is 326 g/mol. The van der Waals surface area contributed by atoms with Crippen LogP contribution in [0, 0.1) is 0 Å². The van der Waals surface area contributed by atoms with Gasteiger partial charge in [-0.3, -0.25) is 9.78 Å². The van der Waals surface area contributed by atoms with E-state index in [9.17, 15) is 4.79 Å². The molecule has 0 radical (unpaired) electrons. The summed E-state index contributed by atoms with van der Waals surface area (Å²) in [5.41, 5.74) is 2.80. The van der Waals surface area contributed by atoms with Crippen LogP contribution in [-0.4, -0.2) is 26.0 Å². The zero-order chi connectivity index (χ0) is 15.9. The van der Waals surface area contributed by atoms with Gasteiger partial charge in [0.2, 0.25) is 5.91 Å². The van der Waals surface area contributed by atoms with E-state index in [1.807, 2.05) is 53.2 Å². The van der Waals surface area contributed by atoms with E-state index < -0.39 is 0 Å². The number of fused-ring (bicyclic) bond motifs is 1. The molecule has 3 aromatic heterocycles. The predicted octanol–water partition coefficient (Wildman–Crippen LogP) is 2.67. The fourth-order valence-corrected chi connectivity index (χ4v) is 3.03. The van der Waals surface area contributed by atoms with Crippen molar-refractivity contribution in [1.82, 2.24) is 19.7 Å². The molecule has 0 aliphatic rings. The summed E-state index contributed by atoms with van der Waals surface area (Å²) in [4.78, 5) is 20.6. The predicted molar refractivity (Wildman–Crippen MR) is 92.1 cm³/mol. The zero-order valence-electron chi connectivity index (χ0n) is 12.7. The lowest BCUT2D eigenvalue weighted by Gasteiger charge is -2.03. The maximum absolute atomic E-state index is 11.9. The van der Waals surface area contributed by atoms with Crippen LogP contribution in [0.3, 0.4) is 0 Å². The Balaban J connectivity index is 1.38. The van der Waals surface area contributed by atoms with Crippen molar-refractivity contribution in [2.75, 3.05) is 5.75 Å². The molecule has 0 atom stereocenters. The standard InChI is InChI=1S/C17H18N4OS/c22-17(7-10-23-13-14-5-1-3-8-18-14)19-11-15-12-21-9-4-2-6-16(21)20-15/h1-6,8-9,12H,7,10-11,13H2,(H,19,22). The van der Waals surface area contributed by atoms with Gasteiger partial charge in [0.15, 0.2) is 0 Å². The lowest BCUT2D eigenvalue weighted by atomic mass is 10.4. The van der Waals surface area contributed by atoms with Crippen LogP contribution in [0.15, 0.2) is 55.0 Å². The molecular formula is C17H18N4OS. The van der Waals surface area contributed by atoms with Gasteiger partial charge in [-0.2, -0.15) is 11.8 Å². The Morgan fingerprint density at radius 3 is 2.91 bits per heavy atom. The number of carbonyl (C=O) groups is 1. The second-order valence-corrected chi connectivity index (χ2v) is 6.20. The van der Waals surface area contributed by atoms with E-state index in [2.05, 4.69) is 15.3 Å². The molecule has 0 fully saturated rings. The molecule has 3 heterocycles. The van der Waals surface area contributed by atoms with Crippen LogP contribution in [0.5, 0.6) is 0 Å². The van der Waals surface area contributed by atoms with E-state index >= 15 is 0 Å². The number of rotatable bonds is 7. The SMILES string of the molecule is O=C(CCSCc1ccccn1)NCc1cn2ccccc2n1.